The van der Waals surface area contributed by atoms with Crippen molar-refractivity contribution >= 4 is 23.3 Å². The summed E-state index contributed by atoms with van der Waals surface area (Å²) in [6, 6.07) is 6.57. The summed E-state index contributed by atoms with van der Waals surface area (Å²) >= 11 is 0. The fourth-order valence-electron chi connectivity index (χ4n) is 1.03. The van der Waals surface area contributed by atoms with E-state index in [4.69, 9.17) is 0 Å². The van der Waals surface area contributed by atoms with Gasteiger partial charge in [0, 0.05) is 25.3 Å². The van der Waals surface area contributed by atoms with Crippen molar-refractivity contribution in [2.45, 2.75) is 6.92 Å². The van der Waals surface area contributed by atoms with Crippen LogP contribution in [-0.4, -0.2) is 19.0 Å². The normalized spacial score (nSPS) is 9.20. The van der Waals surface area contributed by atoms with Gasteiger partial charge in [0.1, 0.15) is 0 Å². The number of rotatable bonds is 2. The first kappa shape index (κ1) is 11.0. The lowest BCUT2D eigenvalue weighted by molar-refractivity contribution is -0.114. The molecule has 80 valence electrons. The number of nitrogens with one attached hydrogen (secondary N) is 3. The van der Waals surface area contributed by atoms with Crippen LogP contribution in [0.25, 0.3) is 0 Å². The molecule has 5 heteroatoms. The van der Waals surface area contributed by atoms with Crippen molar-refractivity contribution in [3.63, 3.8) is 0 Å². The van der Waals surface area contributed by atoms with Crippen molar-refractivity contribution in [3.05, 3.63) is 24.3 Å². The average Bonchev–Trinajstić information content (AvgIpc) is 2.20. The molecule has 3 amide bonds. The van der Waals surface area contributed by atoms with Crippen LogP contribution in [0, 0.1) is 0 Å². The Kier molecular flexibility index (Phi) is 3.68. The Morgan fingerprint density at radius 2 is 1.47 bits per heavy atom. The summed E-state index contributed by atoms with van der Waals surface area (Å²) in [5.74, 6) is -0.123. The number of hydrogen-bond acceptors (Lipinski definition) is 2. The Hall–Kier alpha value is -2.04. The van der Waals surface area contributed by atoms with E-state index in [-0.39, 0.29) is 11.9 Å². The van der Waals surface area contributed by atoms with Crippen LogP contribution in [0.4, 0.5) is 16.2 Å². The minimum absolute atomic E-state index is 0.123. The summed E-state index contributed by atoms with van der Waals surface area (Å²) in [7, 11) is 1.54. The van der Waals surface area contributed by atoms with Crippen molar-refractivity contribution in [1.82, 2.24) is 5.32 Å². The van der Waals surface area contributed by atoms with E-state index in [2.05, 4.69) is 16.0 Å². The van der Waals surface area contributed by atoms with Gasteiger partial charge in [0.25, 0.3) is 0 Å². The molecule has 0 heterocycles. The Balaban J connectivity index is 2.64. The molecule has 0 aliphatic carbocycles. The number of benzene rings is 1. The zero-order valence-electron chi connectivity index (χ0n) is 8.63. The van der Waals surface area contributed by atoms with E-state index in [1.165, 1.54) is 6.92 Å². The Labute approximate surface area is 87.9 Å². The van der Waals surface area contributed by atoms with Crippen LogP contribution in [0.2, 0.25) is 0 Å². The van der Waals surface area contributed by atoms with E-state index in [1.807, 2.05) is 0 Å². The van der Waals surface area contributed by atoms with Gasteiger partial charge in [-0.3, -0.25) is 4.79 Å². The highest BCUT2D eigenvalue weighted by Crippen LogP contribution is 2.13. The van der Waals surface area contributed by atoms with Crippen molar-refractivity contribution in [2.24, 2.45) is 0 Å². The minimum atomic E-state index is -0.276. The summed E-state index contributed by atoms with van der Waals surface area (Å²) in [5, 5.41) is 7.68. The lowest BCUT2D eigenvalue weighted by Crippen LogP contribution is -2.24. The second-order valence-electron chi connectivity index (χ2n) is 2.96. The van der Waals surface area contributed by atoms with Gasteiger partial charge in [-0.25, -0.2) is 4.79 Å². The maximum atomic E-state index is 11.0. The molecule has 0 unspecified atom stereocenters. The predicted octanol–water partition coefficient (Wildman–Crippen LogP) is 1.40. The van der Waals surface area contributed by atoms with E-state index in [9.17, 15) is 9.59 Å². The smallest absolute Gasteiger partial charge is 0.318 e. The maximum Gasteiger partial charge on any atom is 0.318 e. The van der Waals surface area contributed by atoms with E-state index < -0.39 is 0 Å². The fourth-order valence-corrected chi connectivity index (χ4v) is 1.03. The highest BCUT2D eigenvalue weighted by atomic mass is 16.2. The van der Waals surface area contributed by atoms with E-state index in [0.29, 0.717) is 11.4 Å². The molecule has 0 radical (unpaired) electrons. The molecule has 0 saturated heterocycles. The molecule has 0 spiro atoms. The lowest BCUT2D eigenvalue weighted by atomic mass is 10.3. The van der Waals surface area contributed by atoms with Crippen LogP contribution in [0.5, 0.6) is 0 Å². The number of urea groups is 1. The minimum Gasteiger partial charge on any atom is -0.341 e. The molecule has 0 aromatic heterocycles. The monoisotopic (exact) mass is 207 g/mol. The van der Waals surface area contributed by atoms with Gasteiger partial charge in [-0.05, 0) is 24.3 Å². The molecule has 3 N–H and O–H groups in total. The van der Waals surface area contributed by atoms with Gasteiger partial charge in [-0.2, -0.15) is 0 Å². The highest BCUT2D eigenvalue weighted by Gasteiger charge is 1.99. The van der Waals surface area contributed by atoms with Gasteiger partial charge in [0.2, 0.25) is 5.91 Å². The van der Waals surface area contributed by atoms with Gasteiger partial charge >= 0.3 is 6.03 Å². The Bertz CT molecular complexity index is 359. The molecule has 1 aromatic carbocycles. The number of amides is 3. The molecule has 0 atom stereocenters. The molecular formula is C10H13N3O2. The van der Waals surface area contributed by atoms with Gasteiger partial charge in [-0.1, -0.05) is 0 Å². The van der Waals surface area contributed by atoms with Crippen LogP contribution in [0.15, 0.2) is 24.3 Å². The summed E-state index contributed by atoms with van der Waals surface area (Å²) in [4.78, 5) is 21.7. The second kappa shape index (κ2) is 4.99. The molecule has 1 aromatic rings. The van der Waals surface area contributed by atoms with Crippen molar-refractivity contribution in [1.29, 1.82) is 0 Å². The average molecular weight is 207 g/mol. The number of carbonyl (C=O) groups excluding carboxylic acids is 2. The van der Waals surface area contributed by atoms with Gasteiger partial charge in [0.15, 0.2) is 0 Å². The van der Waals surface area contributed by atoms with Crippen LogP contribution < -0.4 is 16.0 Å². The van der Waals surface area contributed by atoms with Crippen LogP contribution in [0.1, 0.15) is 6.92 Å². The van der Waals surface area contributed by atoms with Crippen molar-refractivity contribution in [2.75, 3.05) is 17.7 Å². The SMILES string of the molecule is CNC(=O)Nc1ccc(NC(C)=O)cc1. The molecule has 15 heavy (non-hydrogen) atoms. The topological polar surface area (TPSA) is 70.2 Å². The molecular weight excluding hydrogens is 194 g/mol. The van der Waals surface area contributed by atoms with Crippen molar-refractivity contribution < 1.29 is 9.59 Å². The third-order valence-corrected chi connectivity index (χ3v) is 1.69. The van der Waals surface area contributed by atoms with Gasteiger partial charge in [-0.15, -0.1) is 0 Å². The Morgan fingerprint density at radius 3 is 1.87 bits per heavy atom. The molecule has 0 bridgehead atoms. The third kappa shape index (κ3) is 3.68. The molecule has 1 rings (SSSR count). The first-order valence-corrected chi connectivity index (χ1v) is 4.48. The maximum absolute atomic E-state index is 11.0. The Morgan fingerprint density at radius 1 is 1.00 bits per heavy atom. The van der Waals surface area contributed by atoms with Crippen molar-refractivity contribution in [3.8, 4) is 0 Å². The third-order valence-electron chi connectivity index (χ3n) is 1.69. The highest BCUT2D eigenvalue weighted by molar-refractivity contribution is 5.91. The summed E-state index contributed by atoms with van der Waals surface area (Å²) in [6.45, 7) is 1.44. The second-order valence-corrected chi connectivity index (χ2v) is 2.96. The van der Waals surface area contributed by atoms with E-state index in [1.54, 1.807) is 31.3 Å². The molecule has 5 nitrogen and oxygen atoms in total. The predicted molar refractivity (Wildman–Crippen MR) is 58.8 cm³/mol. The quantitative estimate of drug-likeness (QED) is 0.686. The van der Waals surface area contributed by atoms with E-state index in [0.717, 1.165) is 0 Å². The number of hydrogen-bond donors (Lipinski definition) is 3. The largest absolute Gasteiger partial charge is 0.341 e. The molecule has 0 aliphatic heterocycles. The molecule has 0 saturated carbocycles. The van der Waals surface area contributed by atoms with Crippen LogP contribution >= 0.6 is 0 Å². The summed E-state index contributed by atoms with van der Waals surface area (Å²) in [6.07, 6.45) is 0. The zero-order valence-corrected chi connectivity index (χ0v) is 8.63. The van der Waals surface area contributed by atoms with E-state index >= 15 is 0 Å². The fraction of sp³-hybridized carbons (Fsp3) is 0.200. The standard InChI is InChI=1S/C10H13N3O2/c1-7(14)12-8-3-5-9(6-4-8)13-10(15)11-2/h3-6H,1-2H3,(H,12,14)(H2,11,13,15). The summed E-state index contributed by atoms with van der Waals surface area (Å²) < 4.78 is 0. The number of anilines is 2. The van der Waals surface area contributed by atoms with Crippen LogP contribution in [-0.2, 0) is 4.79 Å². The molecule has 0 aliphatic rings. The summed E-state index contributed by atoms with van der Waals surface area (Å²) in [5.41, 5.74) is 1.37. The zero-order chi connectivity index (χ0) is 11.3. The first-order valence-electron chi connectivity index (χ1n) is 4.48. The van der Waals surface area contributed by atoms with Crippen LogP contribution in [0.3, 0.4) is 0 Å². The first-order chi connectivity index (χ1) is 7.11. The number of carbonyl (C=O) groups is 2. The van der Waals surface area contributed by atoms with Gasteiger partial charge in [0.05, 0.1) is 0 Å². The molecule has 0 fully saturated rings. The lowest BCUT2D eigenvalue weighted by Gasteiger charge is -2.05. The van der Waals surface area contributed by atoms with Gasteiger partial charge < -0.3 is 16.0 Å².